The van der Waals surface area contributed by atoms with Crippen LogP contribution in [0.1, 0.15) is 34.8 Å². The standard InChI is InChI=1S/C13H15ClO3S/c1-2-3-4-5-10-6-7-11(13(14)15)8-12(10)9-18(16)17/h2-3,6-8H,4-5,9H2,1H3,(H,16,17)/p-1. The zero-order valence-electron chi connectivity index (χ0n) is 10.0. The Morgan fingerprint density at radius 3 is 2.72 bits per heavy atom. The van der Waals surface area contributed by atoms with Crippen molar-refractivity contribution in [3.05, 3.63) is 47.0 Å². The van der Waals surface area contributed by atoms with Crippen LogP contribution in [0.15, 0.2) is 30.4 Å². The molecule has 0 aromatic heterocycles. The number of benzene rings is 1. The zero-order chi connectivity index (χ0) is 13.5. The largest absolute Gasteiger partial charge is 0.772 e. The lowest BCUT2D eigenvalue weighted by molar-refractivity contribution is 0.108. The summed E-state index contributed by atoms with van der Waals surface area (Å²) in [6.45, 7) is 1.93. The fourth-order valence-corrected chi connectivity index (χ4v) is 2.30. The Morgan fingerprint density at radius 2 is 2.17 bits per heavy atom. The Morgan fingerprint density at radius 1 is 1.44 bits per heavy atom. The quantitative estimate of drug-likeness (QED) is 0.459. The highest BCUT2D eigenvalue weighted by Gasteiger charge is 2.07. The van der Waals surface area contributed by atoms with Gasteiger partial charge in [0.25, 0.3) is 5.24 Å². The van der Waals surface area contributed by atoms with Gasteiger partial charge < -0.3 is 4.55 Å². The van der Waals surface area contributed by atoms with Crippen molar-refractivity contribution in [3.63, 3.8) is 0 Å². The molecule has 0 saturated heterocycles. The summed E-state index contributed by atoms with van der Waals surface area (Å²) in [5.74, 6) is -0.0941. The number of carbonyl (C=O) groups excluding carboxylic acids is 1. The Kier molecular flexibility index (Phi) is 6.25. The first-order valence-corrected chi connectivity index (χ1v) is 7.15. The number of allylic oxidation sites excluding steroid dienone is 2. The molecule has 1 atom stereocenters. The van der Waals surface area contributed by atoms with Gasteiger partial charge >= 0.3 is 0 Å². The van der Waals surface area contributed by atoms with Crippen molar-refractivity contribution < 1.29 is 13.6 Å². The number of carbonyl (C=O) groups is 1. The van der Waals surface area contributed by atoms with E-state index in [-0.39, 0.29) is 5.75 Å². The minimum absolute atomic E-state index is 0.0941. The summed E-state index contributed by atoms with van der Waals surface area (Å²) in [5.41, 5.74) is 1.89. The van der Waals surface area contributed by atoms with Crippen LogP contribution < -0.4 is 0 Å². The van der Waals surface area contributed by atoms with Crippen molar-refractivity contribution in [2.75, 3.05) is 0 Å². The Bertz CT molecular complexity index is 483. The monoisotopic (exact) mass is 285 g/mol. The maximum Gasteiger partial charge on any atom is 0.252 e. The van der Waals surface area contributed by atoms with Gasteiger partial charge in [-0.1, -0.05) is 29.3 Å². The summed E-state index contributed by atoms with van der Waals surface area (Å²) in [7, 11) is 0. The van der Waals surface area contributed by atoms with Crippen molar-refractivity contribution in [2.24, 2.45) is 0 Å². The van der Waals surface area contributed by atoms with Gasteiger partial charge in [-0.15, -0.1) is 0 Å². The van der Waals surface area contributed by atoms with Crippen LogP contribution in [0.2, 0.25) is 0 Å². The van der Waals surface area contributed by atoms with Crippen molar-refractivity contribution in [1.82, 2.24) is 0 Å². The molecule has 0 amide bonds. The molecule has 1 aromatic rings. The third kappa shape index (κ3) is 4.72. The van der Waals surface area contributed by atoms with Gasteiger partial charge in [0.2, 0.25) is 0 Å². The smallest absolute Gasteiger partial charge is 0.252 e. The molecule has 3 nitrogen and oxygen atoms in total. The molecule has 0 aliphatic rings. The van der Waals surface area contributed by atoms with Crippen molar-refractivity contribution in [1.29, 1.82) is 0 Å². The number of halogens is 1. The molecule has 0 fully saturated rings. The molecule has 0 heterocycles. The normalized spacial score (nSPS) is 12.8. The number of rotatable bonds is 6. The van der Waals surface area contributed by atoms with Crippen LogP contribution in [0, 0.1) is 0 Å². The molecule has 0 spiro atoms. The Balaban J connectivity index is 3.00. The van der Waals surface area contributed by atoms with Crippen LogP contribution in [-0.2, 0) is 23.3 Å². The summed E-state index contributed by atoms with van der Waals surface area (Å²) in [6, 6.07) is 4.94. The fourth-order valence-electron chi connectivity index (χ4n) is 1.66. The summed E-state index contributed by atoms with van der Waals surface area (Å²) in [4.78, 5) is 11.1. The van der Waals surface area contributed by atoms with Gasteiger partial charge in [-0.25, -0.2) is 0 Å². The predicted octanol–water partition coefficient (Wildman–Crippen LogP) is 2.95. The van der Waals surface area contributed by atoms with E-state index in [2.05, 4.69) is 0 Å². The Hall–Kier alpha value is -0.970. The lowest BCUT2D eigenvalue weighted by Crippen LogP contribution is -2.02. The third-order valence-electron chi connectivity index (χ3n) is 2.52. The molecular formula is C13H14ClO3S-. The Labute approximate surface area is 114 Å². The second-order valence-electron chi connectivity index (χ2n) is 3.81. The minimum Gasteiger partial charge on any atom is -0.772 e. The second kappa shape index (κ2) is 7.46. The molecule has 5 heteroatoms. The van der Waals surface area contributed by atoms with Crippen LogP contribution in [0.25, 0.3) is 0 Å². The molecule has 0 bridgehead atoms. The molecule has 18 heavy (non-hydrogen) atoms. The second-order valence-corrected chi connectivity index (χ2v) is 5.05. The lowest BCUT2D eigenvalue weighted by Gasteiger charge is -2.11. The van der Waals surface area contributed by atoms with Crippen LogP contribution in [-0.4, -0.2) is 14.0 Å². The summed E-state index contributed by atoms with van der Waals surface area (Å²) < 4.78 is 21.6. The molecular weight excluding hydrogens is 272 g/mol. The van der Waals surface area contributed by atoms with E-state index in [4.69, 9.17) is 11.6 Å². The maximum atomic E-state index is 11.1. The van der Waals surface area contributed by atoms with E-state index >= 15 is 0 Å². The fraction of sp³-hybridized carbons (Fsp3) is 0.308. The van der Waals surface area contributed by atoms with E-state index in [9.17, 15) is 13.6 Å². The molecule has 98 valence electrons. The van der Waals surface area contributed by atoms with Crippen LogP contribution in [0.5, 0.6) is 0 Å². The molecule has 1 unspecified atom stereocenters. The number of aryl methyl sites for hydroxylation is 1. The van der Waals surface area contributed by atoms with E-state index in [0.717, 1.165) is 18.4 Å². The SMILES string of the molecule is CC=CCCc1ccc(C(=O)Cl)cc1CS(=O)[O-]. The first-order chi connectivity index (χ1) is 8.54. The average molecular weight is 286 g/mol. The zero-order valence-corrected chi connectivity index (χ0v) is 11.6. The van der Waals surface area contributed by atoms with Crippen molar-refractivity contribution >= 4 is 27.9 Å². The van der Waals surface area contributed by atoms with Gasteiger partial charge in [-0.2, -0.15) is 0 Å². The van der Waals surface area contributed by atoms with Gasteiger partial charge in [-0.3, -0.25) is 9.00 Å². The van der Waals surface area contributed by atoms with E-state index < -0.39 is 16.3 Å². The van der Waals surface area contributed by atoms with Gasteiger partial charge in [0.15, 0.2) is 0 Å². The van der Waals surface area contributed by atoms with Crippen molar-refractivity contribution in [3.8, 4) is 0 Å². The first-order valence-electron chi connectivity index (χ1n) is 5.53. The van der Waals surface area contributed by atoms with Gasteiger partial charge in [0.1, 0.15) is 0 Å². The molecule has 1 rings (SSSR count). The molecule has 0 radical (unpaired) electrons. The molecule has 1 aromatic carbocycles. The number of hydrogen-bond acceptors (Lipinski definition) is 3. The average Bonchev–Trinajstić information content (AvgIpc) is 2.30. The van der Waals surface area contributed by atoms with E-state index in [0.29, 0.717) is 11.1 Å². The van der Waals surface area contributed by atoms with Gasteiger partial charge in [0.05, 0.1) is 0 Å². The van der Waals surface area contributed by atoms with E-state index in [1.54, 1.807) is 18.2 Å². The van der Waals surface area contributed by atoms with Crippen molar-refractivity contribution in [2.45, 2.75) is 25.5 Å². The highest BCUT2D eigenvalue weighted by molar-refractivity contribution is 7.78. The summed E-state index contributed by atoms with van der Waals surface area (Å²) in [6.07, 6.45) is 5.54. The first kappa shape index (κ1) is 15.1. The van der Waals surface area contributed by atoms with Crippen LogP contribution in [0.3, 0.4) is 0 Å². The topological polar surface area (TPSA) is 57.2 Å². The van der Waals surface area contributed by atoms with Gasteiger partial charge in [-0.05, 0) is 54.6 Å². The highest BCUT2D eigenvalue weighted by atomic mass is 35.5. The van der Waals surface area contributed by atoms with Crippen LogP contribution in [0.4, 0.5) is 0 Å². The maximum absolute atomic E-state index is 11.1. The number of hydrogen-bond donors (Lipinski definition) is 0. The molecule has 0 aliphatic carbocycles. The minimum atomic E-state index is -2.18. The third-order valence-corrected chi connectivity index (χ3v) is 3.29. The van der Waals surface area contributed by atoms with E-state index in [1.807, 2.05) is 19.1 Å². The lowest BCUT2D eigenvalue weighted by atomic mass is 10.0. The molecule has 0 saturated carbocycles. The summed E-state index contributed by atoms with van der Waals surface area (Å²) >= 11 is 3.21. The van der Waals surface area contributed by atoms with Gasteiger partial charge in [0, 0.05) is 11.3 Å². The van der Waals surface area contributed by atoms with E-state index in [1.165, 1.54) is 0 Å². The molecule has 0 aliphatic heterocycles. The van der Waals surface area contributed by atoms with Crippen LogP contribution >= 0.6 is 11.6 Å². The highest BCUT2D eigenvalue weighted by Crippen LogP contribution is 2.17. The predicted molar refractivity (Wildman–Crippen MR) is 72.4 cm³/mol. The summed E-state index contributed by atoms with van der Waals surface area (Å²) in [5, 5.41) is -0.576. The molecule has 0 N–H and O–H groups in total.